The zero-order valence-corrected chi connectivity index (χ0v) is 18.6. The lowest BCUT2D eigenvalue weighted by molar-refractivity contribution is -0.385. The molecule has 0 aliphatic carbocycles. The second-order valence-corrected chi connectivity index (χ2v) is 8.92. The Morgan fingerprint density at radius 2 is 1.82 bits per heavy atom. The fourth-order valence-electron chi connectivity index (χ4n) is 3.27. The standard InChI is InChI=1S/C23H20N4O6S/c28-23(24-14-4-9-22-25-20-7-1-2-8-21(20)26-22)16-10-12-18(13-11-16)33-34(31,32)19-6-3-5-17(15-19)27(29)30/h1-3,5-8,10-13,15H,4,9,14H2,(H,24,28)(H,25,26). The molecule has 10 nitrogen and oxygen atoms in total. The number of amides is 1. The van der Waals surface area contributed by atoms with Gasteiger partial charge in [-0.1, -0.05) is 18.2 Å². The number of aromatic nitrogens is 2. The van der Waals surface area contributed by atoms with Crippen LogP contribution in [-0.4, -0.2) is 35.8 Å². The van der Waals surface area contributed by atoms with Gasteiger partial charge in [-0.15, -0.1) is 0 Å². The third-order valence-electron chi connectivity index (χ3n) is 4.95. The molecule has 0 fully saturated rings. The van der Waals surface area contributed by atoms with Crippen LogP contribution in [0.5, 0.6) is 5.75 Å². The van der Waals surface area contributed by atoms with Crippen molar-refractivity contribution in [2.75, 3.05) is 6.54 Å². The van der Waals surface area contributed by atoms with Gasteiger partial charge in [0.1, 0.15) is 16.5 Å². The molecule has 4 rings (SSSR count). The Hall–Kier alpha value is -4.25. The van der Waals surface area contributed by atoms with E-state index in [-0.39, 0.29) is 22.2 Å². The molecule has 0 aliphatic rings. The molecule has 0 aliphatic heterocycles. The van der Waals surface area contributed by atoms with Crippen LogP contribution in [0.1, 0.15) is 22.6 Å². The second kappa shape index (κ2) is 9.71. The van der Waals surface area contributed by atoms with E-state index in [1.54, 1.807) is 0 Å². The largest absolute Gasteiger partial charge is 0.379 e. The van der Waals surface area contributed by atoms with Gasteiger partial charge in [-0.2, -0.15) is 8.42 Å². The number of non-ortho nitro benzene ring substituents is 1. The van der Waals surface area contributed by atoms with Crippen LogP contribution in [0, 0.1) is 10.1 Å². The van der Waals surface area contributed by atoms with E-state index in [0.717, 1.165) is 22.9 Å². The highest BCUT2D eigenvalue weighted by atomic mass is 32.2. The number of aromatic amines is 1. The molecule has 0 spiro atoms. The quantitative estimate of drug-likeness (QED) is 0.161. The Labute approximate surface area is 194 Å². The van der Waals surface area contributed by atoms with E-state index in [9.17, 15) is 23.3 Å². The molecule has 0 radical (unpaired) electrons. The third-order valence-corrected chi connectivity index (χ3v) is 6.20. The number of aryl methyl sites for hydroxylation is 1. The summed E-state index contributed by atoms with van der Waals surface area (Å²) in [7, 11) is -4.27. The van der Waals surface area contributed by atoms with Crippen molar-refractivity contribution in [3.05, 3.63) is 94.3 Å². The van der Waals surface area contributed by atoms with Crippen molar-refractivity contribution >= 4 is 32.7 Å². The van der Waals surface area contributed by atoms with Crippen LogP contribution < -0.4 is 9.50 Å². The number of imidazole rings is 1. The highest BCUT2D eigenvalue weighted by molar-refractivity contribution is 7.87. The molecule has 0 atom stereocenters. The Balaban J connectivity index is 1.30. The van der Waals surface area contributed by atoms with Crippen molar-refractivity contribution in [3.63, 3.8) is 0 Å². The maximum absolute atomic E-state index is 12.4. The van der Waals surface area contributed by atoms with E-state index in [2.05, 4.69) is 15.3 Å². The van der Waals surface area contributed by atoms with Crippen molar-refractivity contribution in [2.24, 2.45) is 0 Å². The van der Waals surface area contributed by atoms with Crippen LogP contribution in [0.25, 0.3) is 11.0 Å². The molecule has 0 unspecified atom stereocenters. The fourth-order valence-corrected chi connectivity index (χ4v) is 4.24. The number of hydrogen-bond acceptors (Lipinski definition) is 7. The summed E-state index contributed by atoms with van der Waals surface area (Å²) >= 11 is 0. The predicted octanol–water partition coefficient (Wildman–Crippen LogP) is 3.60. The van der Waals surface area contributed by atoms with E-state index in [1.165, 1.54) is 42.5 Å². The Morgan fingerprint density at radius 1 is 1.06 bits per heavy atom. The molecule has 3 aromatic carbocycles. The first-order valence-corrected chi connectivity index (χ1v) is 11.7. The lowest BCUT2D eigenvalue weighted by Gasteiger charge is -2.08. The summed E-state index contributed by atoms with van der Waals surface area (Å²) < 4.78 is 29.9. The Bertz CT molecular complexity index is 1410. The Kier molecular flexibility index (Phi) is 6.55. The fraction of sp³-hybridized carbons (Fsp3) is 0.130. The number of nitro groups is 1. The van der Waals surface area contributed by atoms with Crippen LogP contribution >= 0.6 is 0 Å². The van der Waals surface area contributed by atoms with Gasteiger partial charge in [0.2, 0.25) is 0 Å². The number of carbonyl (C=O) groups excluding carboxylic acids is 1. The SMILES string of the molecule is O=C(NCCCc1nc2ccccc2[nH]1)c1ccc(OS(=O)(=O)c2cccc([N+](=O)[O-])c2)cc1. The Morgan fingerprint density at radius 3 is 2.56 bits per heavy atom. The van der Waals surface area contributed by atoms with Crippen molar-refractivity contribution in [1.82, 2.24) is 15.3 Å². The molecule has 34 heavy (non-hydrogen) atoms. The normalized spacial score (nSPS) is 11.3. The van der Waals surface area contributed by atoms with Gasteiger partial charge in [0.25, 0.3) is 11.6 Å². The third kappa shape index (κ3) is 5.38. The summed E-state index contributed by atoms with van der Waals surface area (Å²) in [4.78, 5) is 29.9. The highest BCUT2D eigenvalue weighted by Crippen LogP contribution is 2.22. The van der Waals surface area contributed by atoms with Crippen molar-refractivity contribution < 1.29 is 22.3 Å². The molecular formula is C23H20N4O6S. The van der Waals surface area contributed by atoms with Gasteiger partial charge < -0.3 is 14.5 Å². The number of nitro benzene ring substituents is 1. The minimum atomic E-state index is -4.27. The van der Waals surface area contributed by atoms with E-state index < -0.39 is 15.0 Å². The minimum absolute atomic E-state index is 0.0204. The number of nitrogens with zero attached hydrogens (tertiary/aromatic N) is 2. The summed E-state index contributed by atoms with van der Waals surface area (Å²) in [5.74, 6) is 0.521. The number of benzene rings is 3. The monoisotopic (exact) mass is 480 g/mol. The summed E-state index contributed by atoms with van der Waals surface area (Å²) in [6.45, 7) is 0.440. The molecule has 0 saturated carbocycles. The molecule has 1 heterocycles. The molecular weight excluding hydrogens is 460 g/mol. The average Bonchev–Trinajstić information content (AvgIpc) is 3.25. The summed E-state index contributed by atoms with van der Waals surface area (Å²) in [5.41, 5.74) is 1.84. The minimum Gasteiger partial charge on any atom is -0.379 e. The highest BCUT2D eigenvalue weighted by Gasteiger charge is 2.20. The summed E-state index contributed by atoms with van der Waals surface area (Å²) in [6, 6.07) is 17.9. The number of carbonyl (C=O) groups is 1. The average molecular weight is 481 g/mol. The number of para-hydroxylation sites is 2. The van der Waals surface area contributed by atoms with Crippen LogP contribution in [0.4, 0.5) is 5.69 Å². The van der Waals surface area contributed by atoms with Gasteiger partial charge in [0.15, 0.2) is 0 Å². The van der Waals surface area contributed by atoms with Gasteiger partial charge in [-0.25, -0.2) is 4.98 Å². The molecule has 174 valence electrons. The molecule has 1 amide bonds. The first kappa shape index (κ1) is 22.9. The van der Waals surface area contributed by atoms with Crippen LogP contribution in [0.2, 0.25) is 0 Å². The van der Waals surface area contributed by atoms with Crippen molar-refractivity contribution in [1.29, 1.82) is 0 Å². The maximum Gasteiger partial charge on any atom is 0.339 e. The first-order valence-electron chi connectivity index (χ1n) is 10.3. The van der Waals surface area contributed by atoms with E-state index in [0.29, 0.717) is 24.9 Å². The molecule has 0 bridgehead atoms. The lowest BCUT2D eigenvalue weighted by atomic mass is 10.2. The number of fused-ring (bicyclic) bond motifs is 1. The van der Waals surface area contributed by atoms with Gasteiger partial charge >= 0.3 is 10.1 Å². The second-order valence-electron chi connectivity index (χ2n) is 7.38. The van der Waals surface area contributed by atoms with Crippen LogP contribution in [0.3, 0.4) is 0 Å². The smallest absolute Gasteiger partial charge is 0.339 e. The molecule has 11 heteroatoms. The number of rotatable bonds is 9. The summed E-state index contributed by atoms with van der Waals surface area (Å²) in [5, 5.41) is 13.7. The molecule has 4 aromatic rings. The molecule has 1 aromatic heterocycles. The predicted molar refractivity (Wildman–Crippen MR) is 124 cm³/mol. The lowest BCUT2D eigenvalue weighted by Crippen LogP contribution is -2.24. The number of nitrogens with one attached hydrogen (secondary N) is 2. The van der Waals surface area contributed by atoms with Crippen LogP contribution in [-0.2, 0) is 16.5 Å². The van der Waals surface area contributed by atoms with Gasteiger partial charge in [0.05, 0.1) is 16.0 Å². The summed E-state index contributed by atoms with van der Waals surface area (Å²) in [6.07, 6.45) is 1.37. The molecule has 0 saturated heterocycles. The van der Waals surface area contributed by atoms with Gasteiger partial charge in [0, 0.05) is 30.7 Å². The number of H-pyrrole nitrogens is 1. The van der Waals surface area contributed by atoms with Crippen molar-refractivity contribution in [3.8, 4) is 5.75 Å². The zero-order valence-electron chi connectivity index (χ0n) is 17.8. The van der Waals surface area contributed by atoms with E-state index in [1.807, 2.05) is 24.3 Å². The number of hydrogen-bond donors (Lipinski definition) is 2. The van der Waals surface area contributed by atoms with E-state index >= 15 is 0 Å². The zero-order chi connectivity index (χ0) is 24.1. The van der Waals surface area contributed by atoms with Crippen LogP contribution in [0.15, 0.2) is 77.7 Å². The van der Waals surface area contributed by atoms with Gasteiger partial charge in [-0.3, -0.25) is 14.9 Å². The first-order chi connectivity index (χ1) is 16.3. The topological polar surface area (TPSA) is 144 Å². The maximum atomic E-state index is 12.4. The molecule has 2 N–H and O–H groups in total. The van der Waals surface area contributed by atoms with E-state index in [4.69, 9.17) is 4.18 Å². The van der Waals surface area contributed by atoms with Crippen molar-refractivity contribution in [2.45, 2.75) is 17.7 Å². The van der Waals surface area contributed by atoms with Gasteiger partial charge in [-0.05, 0) is 48.9 Å².